The van der Waals surface area contributed by atoms with Gasteiger partial charge in [-0.2, -0.15) is 0 Å². The summed E-state index contributed by atoms with van der Waals surface area (Å²) in [4.78, 5) is 0. The van der Waals surface area contributed by atoms with Crippen molar-refractivity contribution in [2.75, 3.05) is 0 Å². The number of fused-ring (bicyclic) bond motifs is 5. The third-order valence-electron chi connectivity index (χ3n) is 6.16. The van der Waals surface area contributed by atoms with Crippen LogP contribution in [0.4, 0.5) is 0 Å². The molecule has 0 amide bonds. The van der Waals surface area contributed by atoms with Gasteiger partial charge in [-0.05, 0) is 60.1 Å². The number of allylic oxidation sites excluding steroid dienone is 2. The van der Waals surface area contributed by atoms with E-state index >= 15 is 0 Å². The number of benzene rings is 2. The Morgan fingerprint density at radius 2 is 1.50 bits per heavy atom. The van der Waals surface area contributed by atoms with Crippen LogP contribution in [0.2, 0.25) is 0 Å². The monoisotopic (exact) mass is 288 g/mol. The first kappa shape index (κ1) is 13.8. The highest BCUT2D eigenvalue weighted by Gasteiger charge is 2.30. The lowest BCUT2D eigenvalue weighted by Gasteiger charge is -2.35. The van der Waals surface area contributed by atoms with E-state index in [4.69, 9.17) is 0 Å². The Bertz CT molecular complexity index is 792. The summed E-state index contributed by atoms with van der Waals surface area (Å²) in [5, 5.41) is 0. The SMILES string of the molecule is CC1=C(C)C(C)c2c(ccc3c2CCc2ccccc2-3)C1C. The van der Waals surface area contributed by atoms with Gasteiger partial charge >= 0.3 is 0 Å². The molecule has 2 aromatic rings. The zero-order chi connectivity index (χ0) is 15.4. The zero-order valence-electron chi connectivity index (χ0n) is 14.0. The van der Waals surface area contributed by atoms with Crippen LogP contribution in [0.15, 0.2) is 47.5 Å². The molecule has 2 aromatic carbocycles. The number of hydrogen-bond acceptors (Lipinski definition) is 0. The average molecular weight is 288 g/mol. The van der Waals surface area contributed by atoms with Gasteiger partial charge in [-0.3, -0.25) is 0 Å². The molecule has 0 bridgehead atoms. The molecule has 0 heteroatoms. The predicted octanol–water partition coefficient (Wildman–Crippen LogP) is 6.01. The maximum absolute atomic E-state index is 2.40. The molecule has 0 radical (unpaired) electrons. The Kier molecular flexibility index (Phi) is 3.04. The highest BCUT2D eigenvalue weighted by molar-refractivity contribution is 5.76. The molecule has 0 aliphatic heterocycles. The van der Waals surface area contributed by atoms with Crippen LogP contribution in [0.1, 0.15) is 61.8 Å². The molecule has 0 spiro atoms. The minimum absolute atomic E-state index is 0.561. The van der Waals surface area contributed by atoms with Gasteiger partial charge in [-0.25, -0.2) is 0 Å². The van der Waals surface area contributed by atoms with Gasteiger partial charge in [0.25, 0.3) is 0 Å². The molecule has 0 nitrogen and oxygen atoms in total. The van der Waals surface area contributed by atoms with Crippen LogP contribution >= 0.6 is 0 Å². The largest absolute Gasteiger partial charge is 0.0666 e. The predicted molar refractivity (Wildman–Crippen MR) is 94.5 cm³/mol. The van der Waals surface area contributed by atoms with Crippen molar-refractivity contribution in [3.05, 3.63) is 69.8 Å². The lowest BCUT2D eigenvalue weighted by atomic mass is 9.70. The molecule has 112 valence electrons. The van der Waals surface area contributed by atoms with Crippen LogP contribution in [0.3, 0.4) is 0 Å². The summed E-state index contributed by atoms with van der Waals surface area (Å²) in [6, 6.07) is 13.7. The second kappa shape index (κ2) is 4.84. The van der Waals surface area contributed by atoms with Crippen molar-refractivity contribution in [3.63, 3.8) is 0 Å². The van der Waals surface area contributed by atoms with E-state index < -0.39 is 0 Å². The molecule has 0 saturated heterocycles. The van der Waals surface area contributed by atoms with Gasteiger partial charge in [-0.15, -0.1) is 0 Å². The van der Waals surface area contributed by atoms with Crippen molar-refractivity contribution < 1.29 is 0 Å². The second-order valence-corrected chi connectivity index (χ2v) is 7.06. The van der Waals surface area contributed by atoms with Crippen LogP contribution in [0.5, 0.6) is 0 Å². The van der Waals surface area contributed by atoms with E-state index in [1.54, 1.807) is 27.8 Å². The minimum Gasteiger partial charge on any atom is -0.0666 e. The Balaban J connectivity index is 1.98. The number of rotatable bonds is 0. The summed E-state index contributed by atoms with van der Waals surface area (Å²) in [6.45, 7) is 9.40. The fourth-order valence-electron chi connectivity index (χ4n) is 4.49. The molecular formula is C22H24. The molecule has 2 unspecified atom stereocenters. The van der Waals surface area contributed by atoms with E-state index in [1.807, 2.05) is 0 Å². The van der Waals surface area contributed by atoms with Crippen molar-refractivity contribution in [3.8, 4) is 11.1 Å². The van der Waals surface area contributed by atoms with Crippen molar-refractivity contribution >= 4 is 0 Å². The van der Waals surface area contributed by atoms with E-state index in [-0.39, 0.29) is 0 Å². The lowest BCUT2D eigenvalue weighted by molar-refractivity contribution is 0.727. The topological polar surface area (TPSA) is 0 Å². The standard InChI is InChI=1S/C22H24/c1-13-14(2)16(4)22-18(15(13)3)11-12-20-19-8-6-5-7-17(19)9-10-21(20)22/h5-8,11-12,15-16H,9-10H2,1-4H3. The zero-order valence-corrected chi connectivity index (χ0v) is 14.0. The van der Waals surface area contributed by atoms with Gasteiger partial charge in [-0.1, -0.05) is 61.4 Å². The Hall–Kier alpha value is -1.82. The first-order valence-corrected chi connectivity index (χ1v) is 8.50. The van der Waals surface area contributed by atoms with Crippen LogP contribution in [0.25, 0.3) is 11.1 Å². The lowest BCUT2D eigenvalue weighted by Crippen LogP contribution is -2.18. The minimum atomic E-state index is 0.561. The highest BCUT2D eigenvalue weighted by atomic mass is 14.3. The maximum atomic E-state index is 2.40. The molecule has 0 N–H and O–H groups in total. The van der Waals surface area contributed by atoms with E-state index in [9.17, 15) is 0 Å². The van der Waals surface area contributed by atoms with Gasteiger partial charge in [0.1, 0.15) is 0 Å². The number of hydrogen-bond donors (Lipinski definition) is 0. The average Bonchev–Trinajstić information content (AvgIpc) is 2.56. The van der Waals surface area contributed by atoms with Crippen LogP contribution in [-0.4, -0.2) is 0 Å². The van der Waals surface area contributed by atoms with E-state index in [0.29, 0.717) is 11.8 Å². The van der Waals surface area contributed by atoms with E-state index in [1.165, 1.54) is 29.5 Å². The fraction of sp³-hybridized carbons (Fsp3) is 0.364. The van der Waals surface area contributed by atoms with E-state index in [0.717, 1.165) is 0 Å². The quantitative estimate of drug-likeness (QED) is 0.521. The molecule has 2 atom stereocenters. The smallest absolute Gasteiger partial charge is 0.00257 e. The summed E-state index contributed by atoms with van der Waals surface area (Å²) in [5.74, 6) is 1.13. The highest BCUT2D eigenvalue weighted by Crippen LogP contribution is 2.47. The summed E-state index contributed by atoms with van der Waals surface area (Å²) in [5.41, 5.74) is 12.4. The molecule has 0 saturated carbocycles. The van der Waals surface area contributed by atoms with Gasteiger partial charge in [0.15, 0.2) is 0 Å². The molecule has 4 rings (SSSR count). The van der Waals surface area contributed by atoms with Gasteiger partial charge < -0.3 is 0 Å². The summed E-state index contributed by atoms with van der Waals surface area (Å²) >= 11 is 0. The van der Waals surface area contributed by atoms with Crippen molar-refractivity contribution in [1.82, 2.24) is 0 Å². The van der Waals surface area contributed by atoms with Gasteiger partial charge in [0.05, 0.1) is 0 Å². The Morgan fingerprint density at radius 1 is 0.773 bits per heavy atom. The molecule has 0 fully saturated rings. The molecule has 22 heavy (non-hydrogen) atoms. The molecule has 2 aliphatic rings. The first-order chi connectivity index (χ1) is 10.6. The van der Waals surface area contributed by atoms with Crippen LogP contribution < -0.4 is 0 Å². The first-order valence-electron chi connectivity index (χ1n) is 8.50. The maximum Gasteiger partial charge on any atom is 0.00257 e. The van der Waals surface area contributed by atoms with Gasteiger partial charge in [0, 0.05) is 11.8 Å². The van der Waals surface area contributed by atoms with Crippen LogP contribution in [-0.2, 0) is 12.8 Å². The summed E-state index contributed by atoms with van der Waals surface area (Å²) in [6.07, 6.45) is 2.38. The van der Waals surface area contributed by atoms with Crippen molar-refractivity contribution in [1.29, 1.82) is 0 Å². The molecule has 2 aliphatic carbocycles. The Labute approximate surface area is 133 Å². The second-order valence-electron chi connectivity index (χ2n) is 7.06. The molecule has 0 heterocycles. The third kappa shape index (κ3) is 1.76. The molecular weight excluding hydrogens is 264 g/mol. The van der Waals surface area contributed by atoms with E-state index in [2.05, 4.69) is 64.1 Å². The fourth-order valence-corrected chi connectivity index (χ4v) is 4.49. The van der Waals surface area contributed by atoms with Crippen LogP contribution in [0, 0.1) is 0 Å². The van der Waals surface area contributed by atoms with Gasteiger partial charge in [0.2, 0.25) is 0 Å². The number of aryl methyl sites for hydroxylation is 1. The normalized spacial score (nSPS) is 22.9. The third-order valence-corrected chi connectivity index (χ3v) is 6.16. The Morgan fingerprint density at radius 3 is 2.32 bits per heavy atom. The van der Waals surface area contributed by atoms with Crippen molar-refractivity contribution in [2.45, 2.75) is 52.4 Å². The summed E-state index contributed by atoms with van der Waals surface area (Å²) < 4.78 is 0. The molecule has 0 aromatic heterocycles. The summed E-state index contributed by atoms with van der Waals surface area (Å²) in [7, 11) is 0. The van der Waals surface area contributed by atoms with Crippen molar-refractivity contribution in [2.24, 2.45) is 0 Å².